The summed E-state index contributed by atoms with van der Waals surface area (Å²) in [6, 6.07) is 2.90. The molecule has 1 aromatic rings. The molecule has 0 aromatic carbocycles. The van der Waals surface area contributed by atoms with Crippen molar-refractivity contribution >= 4 is 15.8 Å². The number of nitrogens with zero attached hydrogens (tertiary/aromatic N) is 1. The van der Waals surface area contributed by atoms with Crippen molar-refractivity contribution in [3.05, 3.63) is 18.3 Å². The number of anilines is 1. The third-order valence-electron chi connectivity index (χ3n) is 1.59. The maximum atomic E-state index is 11.5. The summed E-state index contributed by atoms with van der Waals surface area (Å²) in [6.45, 7) is 3.61. The number of hydrogen-bond donors (Lipinski definition) is 2. The first kappa shape index (κ1) is 11.8. The molecule has 84 valence electrons. The smallest absolute Gasteiger partial charge is 0.234 e. The molecule has 0 aliphatic rings. The molecule has 15 heavy (non-hydrogen) atoms. The maximum absolute atomic E-state index is 11.5. The molecule has 1 aromatic heterocycles. The average Bonchev–Trinajstić information content (AvgIpc) is 2.06. The number of hydrogen-bond acceptors (Lipinski definition) is 4. The van der Waals surface area contributed by atoms with Crippen LogP contribution in [-0.4, -0.2) is 24.3 Å². The van der Waals surface area contributed by atoms with Gasteiger partial charge < -0.3 is 5.11 Å². The van der Waals surface area contributed by atoms with Gasteiger partial charge in [-0.05, 0) is 18.1 Å². The zero-order valence-corrected chi connectivity index (χ0v) is 9.45. The van der Waals surface area contributed by atoms with Gasteiger partial charge in [-0.3, -0.25) is 4.72 Å². The van der Waals surface area contributed by atoms with Crippen LogP contribution in [0, 0.1) is 5.92 Å². The second kappa shape index (κ2) is 4.48. The number of sulfonamides is 1. The van der Waals surface area contributed by atoms with Crippen LogP contribution < -0.4 is 4.72 Å². The van der Waals surface area contributed by atoms with Crippen LogP contribution in [-0.2, 0) is 10.0 Å². The molecule has 5 nitrogen and oxygen atoms in total. The predicted molar refractivity (Wildman–Crippen MR) is 58.1 cm³/mol. The molecular formula is C9H14N2O3S. The second-order valence-electron chi connectivity index (χ2n) is 3.65. The Balaban J connectivity index is 2.83. The van der Waals surface area contributed by atoms with Crippen LogP contribution in [0.2, 0.25) is 0 Å². The van der Waals surface area contributed by atoms with Crippen molar-refractivity contribution < 1.29 is 13.5 Å². The highest BCUT2D eigenvalue weighted by Gasteiger charge is 2.15. The molecule has 1 rings (SSSR count). The minimum absolute atomic E-state index is 0.00299. The summed E-state index contributed by atoms with van der Waals surface area (Å²) in [5.41, 5.74) is 0. The second-order valence-corrected chi connectivity index (χ2v) is 5.42. The molecule has 0 unspecified atom stereocenters. The Hall–Kier alpha value is -1.30. The number of rotatable bonds is 4. The SMILES string of the molecule is CC(C)CS(=O)(=O)Nc1ncccc1O. The molecule has 0 spiro atoms. The van der Waals surface area contributed by atoms with E-state index in [9.17, 15) is 13.5 Å². The van der Waals surface area contributed by atoms with Gasteiger partial charge >= 0.3 is 0 Å². The van der Waals surface area contributed by atoms with Crippen molar-refractivity contribution in [2.24, 2.45) is 5.92 Å². The van der Waals surface area contributed by atoms with Crippen molar-refractivity contribution in [1.29, 1.82) is 0 Å². The lowest BCUT2D eigenvalue weighted by Crippen LogP contribution is -2.20. The summed E-state index contributed by atoms with van der Waals surface area (Å²) in [5.74, 6) is -0.181. The molecule has 0 fully saturated rings. The highest BCUT2D eigenvalue weighted by atomic mass is 32.2. The van der Waals surface area contributed by atoms with E-state index in [-0.39, 0.29) is 23.2 Å². The van der Waals surface area contributed by atoms with Gasteiger partial charge in [0.1, 0.15) is 0 Å². The molecule has 0 aliphatic carbocycles. The van der Waals surface area contributed by atoms with E-state index in [0.29, 0.717) is 0 Å². The summed E-state index contributed by atoms with van der Waals surface area (Å²) in [7, 11) is -3.43. The first-order valence-electron chi connectivity index (χ1n) is 4.55. The minimum atomic E-state index is -3.43. The molecule has 0 saturated carbocycles. The fourth-order valence-corrected chi connectivity index (χ4v) is 2.52. The van der Waals surface area contributed by atoms with E-state index < -0.39 is 10.0 Å². The molecule has 1 heterocycles. The quantitative estimate of drug-likeness (QED) is 0.814. The molecular weight excluding hydrogens is 216 g/mol. The fraction of sp³-hybridized carbons (Fsp3) is 0.444. The van der Waals surface area contributed by atoms with Gasteiger partial charge in [0, 0.05) is 6.20 Å². The van der Waals surface area contributed by atoms with Crippen molar-refractivity contribution in [1.82, 2.24) is 4.98 Å². The van der Waals surface area contributed by atoms with Gasteiger partial charge in [0.2, 0.25) is 10.0 Å². The van der Waals surface area contributed by atoms with Crippen LogP contribution in [0.1, 0.15) is 13.8 Å². The van der Waals surface area contributed by atoms with Crippen LogP contribution >= 0.6 is 0 Å². The number of aromatic nitrogens is 1. The van der Waals surface area contributed by atoms with Crippen molar-refractivity contribution in [3.63, 3.8) is 0 Å². The summed E-state index contributed by atoms with van der Waals surface area (Å²) in [5, 5.41) is 9.32. The first-order chi connectivity index (χ1) is 6.91. The van der Waals surface area contributed by atoms with Crippen LogP contribution in [0.5, 0.6) is 5.75 Å². The van der Waals surface area contributed by atoms with Gasteiger partial charge in [-0.1, -0.05) is 13.8 Å². The molecule has 6 heteroatoms. The summed E-state index contributed by atoms with van der Waals surface area (Å²) in [6.07, 6.45) is 1.41. The summed E-state index contributed by atoms with van der Waals surface area (Å²) < 4.78 is 25.2. The number of aromatic hydroxyl groups is 1. The minimum Gasteiger partial charge on any atom is -0.504 e. The van der Waals surface area contributed by atoms with Gasteiger partial charge in [0.15, 0.2) is 11.6 Å². The third kappa shape index (κ3) is 3.75. The highest BCUT2D eigenvalue weighted by Crippen LogP contribution is 2.19. The molecule has 0 amide bonds. The van der Waals surface area contributed by atoms with Crippen LogP contribution in [0.15, 0.2) is 18.3 Å². The van der Waals surface area contributed by atoms with Crippen molar-refractivity contribution in [2.75, 3.05) is 10.5 Å². The molecule has 2 N–H and O–H groups in total. The van der Waals surface area contributed by atoms with Gasteiger partial charge in [0.05, 0.1) is 5.75 Å². The van der Waals surface area contributed by atoms with Crippen molar-refractivity contribution in [3.8, 4) is 5.75 Å². The Kier molecular flexibility index (Phi) is 3.52. The molecule has 0 radical (unpaired) electrons. The van der Waals surface area contributed by atoms with E-state index in [0.717, 1.165) is 0 Å². The fourth-order valence-electron chi connectivity index (χ4n) is 1.10. The number of pyridine rings is 1. The zero-order chi connectivity index (χ0) is 11.5. The van der Waals surface area contributed by atoms with Crippen LogP contribution in [0.25, 0.3) is 0 Å². The predicted octanol–water partition coefficient (Wildman–Crippen LogP) is 1.18. The van der Waals surface area contributed by atoms with Gasteiger partial charge in [0.25, 0.3) is 0 Å². The number of nitrogens with one attached hydrogen (secondary N) is 1. The molecule has 0 bridgehead atoms. The lowest BCUT2D eigenvalue weighted by atomic mass is 10.3. The molecule has 0 saturated heterocycles. The first-order valence-corrected chi connectivity index (χ1v) is 6.20. The largest absolute Gasteiger partial charge is 0.504 e. The lowest BCUT2D eigenvalue weighted by Gasteiger charge is -2.09. The van der Waals surface area contributed by atoms with E-state index in [1.807, 2.05) is 0 Å². The Morgan fingerprint density at radius 2 is 2.20 bits per heavy atom. The third-order valence-corrected chi connectivity index (χ3v) is 3.20. The maximum Gasteiger partial charge on any atom is 0.234 e. The lowest BCUT2D eigenvalue weighted by molar-refractivity contribution is 0.475. The topological polar surface area (TPSA) is 79.3 Å². The molecule has 0 aliphatic heterocycles. The zero-order valence-electron chi connectivity index (χ0n) is 8.64. The summed E-state index contributed by atoms with van der Waals surface area (Å²) in [4.78, 5) is 3.73. The van der Waals surface area contributed by atoms with E-state index >= 15 is 0 Å². The van der Waals surface area contributed by atoms with Crippen molar-refractivity contribution in [2.45, 2.75) is 13.8 Å². The van der Waals surface area contributed by atoms with Gasteiger partial charge in [-0.15, -0.1) is 0 Å². The van der Waals surface area contributed by atoms with Gasteiger partial charge in [-0.25, -0.2) is 13.4 Å². The average molecular weight is 230 g/mol. The van der Waals surface area contributed by atoms with E-state index in [1.165, 1.54) is 18.3 Å². The Bertz CT molecular complexity index is 429. The summed E-state index contributed by atoms with van der Waals surface area (Å²) >= 11 is 0. The van der Waals surface area contributed by atoms with E-state index in [1.54, 1.807) is 13.8 Å². The van der Waals surface area contributed by atoms with Gasteiger partial charge in [-0.2, -0.15) is 0 Å². The van der Waals surface area contributed by atoms with E-state index in [2.05, 4.69) is 9.71 Å². The standard InChI is InChI=1S/C9H14N2O3S/c1-7(2)6-15(13,14)11-9-8(12)4-3-5-10-9/h3-5,7,12H,6H2,1-2H3,(H,10,11). The Labute approximate surface area is 89.2 Å². The van der Waals surface area contributed by atoms with Crippen LogP contribution in [0.4, 0.5) is 5.82 Å². The van der Waals surface area contributed by atoms with E-state index in [4.69, 9.17) is 0 Å². The molecule has 0 atom stereocenters. The Morgan fingerprint density at radius 1 is 1.53 bits per heavy atom. The Morgan fingerprint density at radius 3 is 2.73 bits per heavy atom. The van der Waals surface area contributed by atoms with Crippen LogP contribution in [0.3, 0.4) is 0 Å². The monoisotopic (exact) mass is 230 g/mol. The normalized spacial score (nSPS) is 11.7. The highest BCUT2D eigenvalue weighted by molar-refractivity contribution is 7.92.